The predicted molar refractivity (Wildman–Crippen MR) is 96.2 cm³/mol. The molecule has 27 heavy (non-hydrogen) atoms. The van der Waals surface area contributed by atoms with Gasteiger partial charge in [0.05, 0.1) is 27.9 Å². The van der Waals surface area contributed by atoms with Crippen molar-refractivity contribution in [3.05, 3.63) is 75.8 Å². The first-order valence-electron chi connectivity index (χ1n) is 8.43. The van der Waals surface area contributed by atoms with Gasteiger partial charge in [-0.2, -0.15) is 13.2 Å². The molecule has 0 radical (unpaired) electrons. The van der Waals surface area contributed by atoms with Crippen LogP contribution in [0.3, 0.4) is 0 Å². The van der Waals surface area contributed by atoms with E-state index in [2.05, 4.69) is 5.32 Å². The number of fused-ring (bicyclic) bond motifs is 3. The highest BCUT2D eigenvalue weighted by Gasteiger charge is 2.41. The maximum Gasteiger partial charge on any atom is 0.416 e. The van der Waals surface area contributed by atoms with Crippen LogP contribution in [0, 0.1) is 5.92 Å². The number of carbonyl (C=O) groups is 1. The number of aromatic carboxylic acids is 1. The van der Waals surface area contributed by atoms with E-state index in [0.29, 0.717) is 28.3 Å². The third-order valence-electron chi connectivity index (χ3n) is 5.27. The topological polar surface area (TPSA) is 49.3 Å². The number of allylic oxidation sites excluding steroid dienone is 2. The smallest absolute Gasteiger partial charge is 0.416 e. The summed E-state index contributed by atoms with van der Waals surface area (Å²) in [4.78, 5) is 11.7. The zero-order valence-electron chi connectivity index (χ0n) is 13.9. The summed E-state index contributed by atoms with van der Waals surface area (Å²) in [6.07, 6.45) is 0.0839. The molecule has 2 aromatic rings. The molecular formula is C20H15ClF3NO2. The molecule has 2 aliphatic rings. The average molecular weight is 394 g/mol. The van der Waals surface area contributed by atoms with Gasteiger partial charge in [-0.3, -0.25) is 0 Å². The monoisotopic (exact) mass is 393 g/mol. The molecule has 0 unspecified atom stereocenters. The van der Waals surface area contributed by atoms with Gasteiger partial charge in [0.2, 0.25) is 0 Å². The Labute approximate surface area is 158 Å². The Morgan fingerprint density at radius 2 is 2.00 bits per heavy atom. The van der Waals surface area contributed by atoms with Crippen molar-refractivity contribution in [1.82, 2.24) is 0 Å². The number of rotatable bonds is 2. The fourth-order valence-corrected chi connectivity index (χ4v) is 4.32. The molecule has 3 nitrogen and oxygen atoms in total. The molecule has 1 aliphatic carbocycles. The molecule has 4 rings (SSSR count). The number of halogens is 4. The lowest BCUT2D eigenvalue weighted by Gasteiger charge is -2.38. The van der Waals surface area contributed by atoms with Gasteiger partial charge in [-0.1, -0.05) is 35.9 Å². The number of anilines is 1. The Kier molecular flexibility index (Phi) is 4.18. The zero-order chi connectivity index (χ0) is 19.3. The lowest BCUT2D eigenvalue weighted by atomic mass is 9.75. The molecule has 0 bridgehead atoms. The second-order valence-electron chi connectivity index (χ2n) is 6.79. The van der Waals surface area contributed by atoms with Crippen molar-refractivity contribution in [2.45, 2.75) is 24.6 Å². The lowest BCUT2D eigenvalue weighted by molar-refractivity contribution is -0.137. The molecule has 3 atom stereocenters. The molecule has 1 heterocycles. The van der Waals surface area contributed by atoms with E-state index in [1.807, 2.05) is 12.2 Å². The standard InChI is InChI=1S/C20H15ClF3NO2/c21-15-8-7-14(19(26)27)16-12-5-2-6-13(12)17(25-18(15)16)10-3-1-4-11(9-10)20(22,23)24/h1-5,7-9,12-13,17,25H,6H2,(H,26,27)/t12-,13-,17-/m0/s1. The first-order valence-corrected chi connectivity index (χ1v) is 8.81. The van der Waals surface area contributed by atoms with Crippen molar-refractivity contribution in [3.63, 3.8) is 0 Å². The highest BCUT2D eigenvalue weighted by molar-refractivity contribution is 6.33. The minimum Gasteiger partial charge on any atom is -0.478 e. The molecule has 0 saturated carbocycles. The number of nitrogens with one attached hydrogen (secondary N) is 1. The fraction of sp³-hybridized carbons (Fsp3) is 0.250. The van der Waals surface area contributed by atoms with Crippen molar-refractivity contribution in [1.29, 1.82) is 0 Å². The van der Waals surface area contributed by atoms with Crippen molar-refractivity contribution >= 4 is 23.3 Å². The summed E-state index contributed by atoms with van der Waals surface area (Å²) in [6.45, 7) is 0. The number of carboxylic acids is 1. The molecule has 7 heteroatoms. The molecule has 0 aromatic heterocycles. The highest BCUT2D eigenvalue weighted by atomic mass is 35.5. The summed E-state index contributed by atoms with van der Waals surface area (Å²) >= 11 is 6.31. The van der Waals surface area contributed by atoms with Crippen LogP contribution in [-0.2, 0) is 6.18 Å². The second-order valence-corrected chi connectivity index (χ2v) is 7.19. The van der Waals surface area contributed by atoms with Gasteiger partial charge in [0, 0.05) is 5.92 Å². The van der Waals surface area contributed by atoms with E-state index >= 15 is 0 Å². The largest absolute Gasteiger partial charge is 0.478 e. The van der Waals surface area contributed by atoms with E-state index in [4.69, 9.17) is 11.6 Å². The van der Waals surface area contributed by atoms with Crippen LogP contribution in [-0.4, -0.2) is 11.1 Å². The lowest BCUT2D eigenvalue weighted by Crippen LogP contribution is -2.31. The van der Waals surface area contributed by atoms with Crippen molar-refractivity contribution in [2.24, 2.45) is 5.92 Å². The second kappa shape index (κ2) is 6.30. The Morgan fingerprint density at radius 1 is 1.22 bits per heavy atom. The predicted octanol–water partition coefficient (Wildman–Crippen LogP) is 5.88. The molecule has 0 spiro atoms. The summed E-state index contributed by atoms with van der Waals surface area (Å²) in [5.41, 5.74) is 1.03. The van der Waals surface area contributed by atoms with Gasteiger partial charge in [0.15, 0.2) is 0 Å². The van der Waals surface area contributed by atoms with Gasteiger partial charge in [-0.15, -0.1) is 0 Å². The molecule has 0 saturated heterocycles. The van der Waals surface area contributed by atoms with Crippen molar-refractivity contribution in [2.75, 3.05) is 5.32 Å². The van der Waals surface area contributed by atoms with Crippen molar-refractivity contribution < 1.29 is 23.1 Å². The summed E-state index contributed by atoms with van der Waals surface area (Å²) in [5, 5.41) is 13.1. The van der Waals surface area contributed by atoms with E-state index < -0.39 is 23.8 Å². The zero-order valence-corrected chi connectivity index (χ0v) is 14.7. The number of benzene rings is 2. The summed E-state index contributed by atoms with van der Waals surface area (Å²) < 4.78 is 39.4. The van der Waals surface area contributed by atoms with Crippen LogP contribution < -0.4 is 5.32 Å². The summed E-state index contributed by atoms with van der Waals surface area (Å²) in [6, 6.07) is 7.80. The van der Waals surface area contributed by atoms with E-state index in [1.165, 1.54) is 18.2 Å². The number of hydrogen-bond acceptors (Lipinski definition) is 2. The Bertz CT molecular complexity index is 955. The molecule has 0 fully saturated rings. The number of hydrogen-bond donors (Lipinski definition) is 2. The minimum atomic E-state index is -4.43. The molecular weight excluding hydrogens is 379 g/mol. The maximum absolute atomic E-state index is 13.1. The Hall–Kier alpha value is -2.47. The summed E-state index contributed by atoms with van der Waals surface area (Å²) in [5.74, 6) is -1.36. The van der Waals surface area contributed by atoms with Gasteiger partial charge in [0.25, 0.3) is 0 Å². The van der Waals surface area contributed by atoms with Crippen LogP contribution in [0.1, 0.15) is 45.4 Å². The van der Waals surface area contributed by atoms with Gasteiger partial charge < -0.3 is 10.4 Å². The van der Waals surface area contributed by atoms with Crippen LogP contribution in [0.15, 0.2) is 48.6 Å². The third-order valence-corrected chi connectivity index (χ3v) is 5.59. The van der Waals surface area contributed by atoms with Gasteiger partial charge in [-0.25, -0.2) is 4.79 Å². The van der Waals surface area contributed by atoms with Crippen LogP contribution in [0.5, 0.6) is 0 Å². The van der Waals surface area contributed by atoms with Crippen LogP contribution >= 0.6 is 11.6 Å². The molecule has 2 N–H and O–H groups in total. The van der Waals surface area contributed by atoms with E-state index in [-0.39, 0.29) is 17.4 Å². The van der Waals surface area contributed by atoms with Crippen molar-refractivity contribution in [3.8, 4) is 0 Å². The van der Waals surface area contributed by atoms with Crippen LogP contribution in [0.25, 0.3) is 0 Å². The normalized spacial score (nSPS) is 23.5. The average Bonchev–Trinajstić information content (AvgIpc) is 3.10. The van der Waals surface area contributed by atoms with E-state index in [0.717, 1.165) is 12.1 Å². The molecule has 0 amide bonds. The SMILES string of the molecule is O=C(O)c1ccc(Cl)c2c1[C@H]1C=CC[C@@H]1[C@H](c1cccc(C(F)(F)F)c1)N2. The molecule has 1 aliphatic heterocycles. The quantitative estimate of drug-likeness (QED) is 0.626. The van der Waals surface area contributed by atoms with E-state index in [9.17, 15) is 23.1 Å². The first-order chi connectivity index (χ1) is 12.8. The highest BCUT2D eigenvalue weighted by Crippen LogP contribution is 2.52. The number of alkyl halides is 3. The number of carboxylic acid groups (broad SMARTS) is 1. The van der Waals surface area contributed by atoms with Gasteiger partial charge in [-0.05, 0) is 47.7 Å². The van der Waals surface area contributed by atoms with Crippen LogP contribution in [0.2, 0.25) is 5.02 Å². The summed E-state index contributed by atoms with van der Waals surface area (Å²) in [7, 11) is 0. The van der Waals surface area contributed by atoms with E-state index in [1.54, 1.807) is 6.07 Å². The Balaban J connectivity index is 1.84. The first kappa shape index (κ1) is 17.9. The fourth-order valence-electron chi connectivity index (χ4n) is 4.10. The molecule has 2 aromatic carbocycles. The van der Waals surface area contributed by atoms with Gasteiger partial charge >= 0.3 is 12.1 Å². The maximum atomic E-state index is 13.1. The van der Waals surface area contributed by atoms with Gasteiger partial charge in [0.1, 0.15) is 0 Å². The minimum absolute atomic E-state index is 0.0856. The molecule has 140 valence electrons. The third kappa shape index (κ3) is 2.98. The Morgan fingerprint density at radius 3 is 2.70 bits per heavy atom. The van der Waals surface area contributed by atoms with Crippen LogP contribution in [0.4, 0.5) is 18.9 Å².